The number of amides is 1. The fourth-order valence-corrected chi connectivity index (χ4v) is 3.33. The summed E-state index contributed by atoms with van der Waals surface area (Å²) in [5.41, 5.74) is 0. The van der Waals surface area contributed by atoms with Gasteiger partial charge < -0.3 is 10.1 Å². The van der Waals surface area contributed by atoms with Crippen LogP contribution in [0.25, 0.3) is 0 Å². The van der Waals surface area contributed by atoms with Crippen molar-refractivity contribution in [2.75, 3.05) is 13.1 Å². The van der Waals surface area contributed by atoms with Crippen molar-refractivity contribution in [1.82, 2.24) is 10.2 Å². The van der Waals surface area contributed by atoms with E-state index in [2.05, 4.69) is 24.1 Å². The van der Waals surface area contributed by atoms with Crippen LogP contribution < -0.4 is 5.32 Å². The van der Waals surface area contributed by atoms with Gasteiger partial charge in [-0.3, -0.25) is 9.69 Å². The second kappa shape index (κ2) is 5.41. The van der Waals surface area contributed by atoms with Gasteiger partial charge in [-0.25, -0.2) is 0 Å². The number of hydrogen-bond donors (Lipinski definition) is 1. The van der Waals surface area contributed by atoms with Gasteiger partial charge >= 0.3 is 0 Å². The lowest BCUT2D eigenvalue weighted by Crippen LogP contribution is -2.66. The Hall–Kier alpha value is -0.610. The molecule has 3 aliphatic rings. The van der Waals surface area contributed by atoms with Gasteiger partial charge in [0.1, 0.15) is 0 Å². The number of carbonyl (C=O) groups excluding carboxylic acids is 1. The number of hydrogen-bond acceptors (Lipinski definition) is 3. The molecule has 4 heteroatoms. The molecule has 0 aromatic carbocycles. The number of carbonyl (C=O) groups is 1. The number of ether oxygens (including phenoxy) is 1. The van der Waals surface area contributed by atoms with E-state index in [1.54, 1.807) is 0 Å². The van der Waals surface area contributed by atoms with Crippen LogP contribution in [0.3, 0.4) is 0 Å². The number of rotatable bonds is 5. The summed E-state index contributed by atoms with van der Waals surface area (Å²) in [6, 6.07) is 1.25. The summed E-state index contributed by atoms with van der Waals surface area (Å²) in [7, 11) is 0. The molecule has 108 valence electrons. The third-order valence-electron chi connectivity index (χ3n) is 4.76. The molecule has 0 aromatic heterocycles. The molecule has 1 N–H and O–H groups in total. The molecule has 3 atom stereocenters. The van der Waals surface area contributed by atoms with Gasteiger partial charge in [0.25, 0.3) is 0 Å². The molecule has 3 rings (SSSR count). The highest BCUT2D eigenvalue weighted by molar-refractivity contribution is 5.76. The summed E-state index contributed by atoms with van der Waals surface area (Å²) < 4.78 is 6.08. The average Bonchev–Trinajstić information content (AvgIpc) is 3.12. The van der Waals surface area contributed by atoms with E-state index in [4.69, 9.17) is 4.74 Å². The lowest BCUT2D eigenvalue weighted by atomic mass is 9.88. The van der Waals surface area contributed by atoms with E-state index in [9.17, 15) is 4.79 Å². The molecule has 2 heterocycles. The van der Waals surface area contributed by atoms with Gasteiger partial charge in [0.15, 0.2) is 0 Å². The van der Waals surface area contributed by atoms with Gasteiger partial charge in [0, 0.05) is 31.6 Å². The van der Waals surface area contributed by atoms with Crippen LogP contribution in [0.2, 0.25) is 0 Å². The molecule has 3 fully saturated rings. The first-order chi connectivity index (χ1) is 9.13. The Labute approximate surface area is 115 Å². The van der Waals surface area contributed by atoms with Crippen LogP contribution in [0, 0.1) is 5.92 Å². The van der Waals surface area contributed by atoms with Crippen LogP contribution in [0.5, 0.6) is 0 Å². The lowest BCUT2D eigenvalue weighted by molar-refractivity contribution is -0.175. The number of nitrogens with zero attached hydrogens (tertiary/aromatic N) is 1. The Balaban J connectivity index is 1.37. The molecule has 1 saturated carbocycles. The van der Waals surface area contributed by atoms with E-state index >= 15 is 0 Å². The van der Waals surface area contributed by atoms with Crippen molar-refractivity contribution in [3.63, 3.8) is 0 Å². The molecule has 19 heavy (non-hydrogen) atoms. The normalized spacial score (nSPS) is 34.8. The third kappa shape index (κ3) is 3.11. The molecule has 0 aromatic rings. The van der Waals surface area contributed by atoms with E-state index in [0.29, 0.717) is 30.7 Å². The van der Waals surface area contributed by atoms with Crippen LogP contribution in [0.1, 0.15) is 46.0 Å². The van der Waals surface area contributed by atoms with Gasteiger partial charge in [-0.15, -0.1) is 0 Å². The summed E-state index contributed by atoms with van der Waals surface area (Å²) in [6.45, 7) is 6.27. The molecule has 0 spiro atoms. The average molecular weight is 266 g/mol. The predicted octanol–water partition coefficient (Wildman–Crippen LogP) is 1.54. The van der Waals surface area contributed by atoms with Crippen LogP contribution >= 0.6 is 0 Å². The second-order valence-electron chi connectivity index (χ2n) is 6.68. The first-order valence-corrected chi connectivity index (χ1v) is 7.81. The first-order valence-electron chi connectivity index (χ1n) is 7.81. The van der Waals surface area contributed by atoms with E-state index in [0.717, 1.165) is 19.4 Å². The Kier molecular flexibility index (Phi) is 3.81. The highest BCUT2D eigenvalue weighted by Crippen LogP contribution is 2.34. The molecular formula is C15H26N2O2. The fraction of sp³-hybridized carbons (Fsp3) is 0.933. The van der Waals surface area contributed by atoms with Crippen molar-refractivity contribution in [3.05, 3.63) is 0 Å². The maximum absolute atomic E-state index is 11.7. The number of fused-ring (bicyclic) bond motifs is 1. The molecule has 0 bridgehead atoms. The molecule has 2 saturated heterocycles. The van der Waals surface area contributed by atoms with Crippen molar-refractivity contribution in [3.8, 4) is 0 Å². The SMILES string of the molecule is CC(C)N1C[C@H]2O[C@H](CNC(=O)CC3CC3)CC[C@H]21. The summed E-state index contributed by atoms with van der Waals surface area (Å²) in [5.74, 6) is 0.883. The fourth-order valence-electron chi connectivity index (χ4n) is 3.33. The Morgan fingerprint density at radius 2 is 2.11 bits per heavy atom. The molecule has 4 nitrogen and oxygen atoms in total. The summed E-state index contributed by atoms with van der Waals surface area (Å²) in [5, 5.41) is 3.04. The molecule has 1 amide bonds. The quantitative estimate of drug-likeness (QED) is 0.821. The molecule has 2 aliphatic heterocycles. The number of likely N-dealkylation sites (tertiary alicyclic amines) is 1. The van der Waals surface area contributed by atoms with Crippen LogP contribution in [0.15, 0.2) is 0 Å². The number of nitrogens with one attached hydrogen (secondary N) is 1. The van der Waals surface area contributed by atoms with Crippen molar-refractivity contribution >= 4 is 5.91 Å². The summed E-state index contributed by atoms with van der Waals surface area (Å²) in [6.07, 6.45) is 6.13. The minimum Gasteiger partial charge on any atom is -0.370 e. The Morgan fingerprint density at radius 3 is 2.74 bits per heavy atom. The van der Waals surface area contributed by atoms with Gasteiger partial charge in [0.2, 0.25) is 5.91 Å². The first kappa shape index (κ1) is 13.4. The van der Waals surface area contributed by atoms with Gasteiger partial charge in [-0.05, 0) is 45.4 Å². The molecule has 0 radical (unpaired) electrons. The third-order valence-corrected chi connectivity index (χ3v) is 4.76. The minimum atomic E-state index is 0.214. The largest absolute Gasteiger partial charge is 0.370 e. The van der Waals surface area contributed by atoms with E-state index in [1.807, 2.05) is 0 Å². The van der Waals surface area contributed by atoms with Gasteiger partial charge in [-0.2, -0.15) is 0 Å². The molecular weight excluding hydrogens is 240 g/mol. The topological polar surface area (TPSA) is 41.6 Å². The van der Waals surface area contributed by atoms with Crippen LogP contribution in [-0.4, -0.2) is 48.2 Å². The predicted molar refractivity (Wildman–Crippen MR) is 73.9 cm³/mol. The standard InChI is InChI=1S/C15H26N2O2/c1-10(2)17-9-14-13(17)6-5-12(19-14)8-16-15(18)7-11-3-4-11/h10-14H,3-9H2,1-2H3,(H,16,18)/t12-,13+,14+/m0/s1. The Morgan fingerprint density at radius 1 is 1.32 bits per heavy atom. The monoisotopic (exact) mass is 266 g/mol. The minimum absolute atomic E-state index is 0.214. The van der Waals surface area contributed by atoms with E-state index < -0.39 is 0 Å². The molecule has 1 aliphatic carbocycles. The summed E-state index contributed by atoms with van der Waals surface area (Å²) >= 11 is 0. The zero-order valence-corrected chi connectivity index (χ0v) is 12.1. The van der Waals surface area contributed by atoms with Crippen molar-refractivity contribution in [2.45, 2.75) is 70.2 Å². The zero-order chi connectivity index (χ0) is 13.4. The summed E-state index contributed by atoms with van der Waals surface area (Å²) in [4.78, 5) is 14.2. The van der Waals surface area contributed by atoms with Gasteiger partial charge in [-0.1, -0.05) is 0 Å². The maximum Gasteiger partial charge on any atom is 0.220 e. The van der Waals surface area contributed by atoms with Crippen molar-refractivity contribution in [1.29, 1.82) is 0 Å². The van der Waals surface area contributed by atoms with E-state index in [1.165, 1.54) is 19.3 Å². The highest BCUT2D eigenvalue weighted by atomic mass is 16.5. The van der Waals surface area contributed by atoms with Gasteiger partial charge in [0.05, 0.1) is 12.2 Å². The van der Waals surface area contributed by atoms with Crippen molar-refractivity contribution in [2.24, 2.45) is 5.92 Å². The smallest absolute Gasteiger partial charge is 0.220 e. The van der Waals surface area contributed by atoms with Crippen LogP contribution in [0.4, 0.5) is 0 Å². The van der Waals surface area contributed by atoms with Crippen molar-refractivity contribution < 1.29 is 9.53 Å². The van der Waals surface area contributed by atoms with Crippen LogP contribution in [-0.2, 0) is 9.53 Å². The second-order valence-corrected chi connectivity index (χ2v) is 6.68. The van der Waals surface area contributed by atoms with E-state index in [-0.39, 0.29) is 12.0 Å². The maximum atomic E-state index is 11.7. The zero-order valence-electron chi connectivity index (χ0n) is 12.1. The lowest BCUT2D eigenvalue weighted by Gasteiger charge is -2.54. The highest BCUT2D eigenvalue weighted by Gasteiger charge is 2.44. The Bertz CT molecular complexity index is 341. The molecule has 0 unspecified atom stereocenters.